The Morgan fingerprint density at radius 3 is 2.95 bits per heavy atom. The normalized spacial score (nSPS) is 16.4. The monoisotopic (exact) mass is 381 g/mol. The van der Waals surface area contributed by atoms with Crippen molar-refractivity contribution in [3.8, 4) is 18.1 Å². The van der Waals surface area contributed by atoms with Crippen molar-refractivity contribution in [1.82, 2.24) is 4.90 Å². The number of hydrogen-bond donors (Lipinski definition) is 0. The maximum Gasteiger partial charge on any atom is 0.266 e. The first kappa shape index (κ1) is 16.1. The molecule has 0 bridgehead atoms. The topological polar surface area (TPSA) is 29.5 Å². The van der Waals surface area contributed by atoms with E-state index in [0.29, 0.717) is 21.5 Å². The van der Waals surface area contributed by atoms with Gasteiger partial charge >= 0.3 is 0 Å². The average Bonchev–Trinajstić information content (AvgIpc) is 2.72. The zero-order valence-electron chi connectivity index (χ0n) is 11.3. The zero-order valence-corrected chi connectivity index (χ0v) is 14.5. The van der Waals surface area contributed by atoms with E-state index in [0.717, 1.165) is 10.0 Å². The van der Waals surface area contributed by atoms with E-state index in [9.17, 15) is 4.79 Å². The van der Waals surface area contributed by atoms with E-state index in [2.05, 4.69) is 21.9 Å². The smallest absolute Gasteiger partial charge is 0.266 e. The summed E-state index contributed by atoms with van der Waals surface area (Å²) < 4.78 is 6.97. The second-order valence-corrected chi connectivity index (χ2v) is 6.69. The first-order valence-corrected chi connectivity index (χ1v) is 8.19. The molecule has 1 aromatic carbocycles. The van der Waals surface area contributed by atoms with Crippen LogP contribution in [0.1, 0.15) is 12.5 Å². The van der Waals surface area contributed by atoms with Crippen molar-refractivity contribution in [3.05, 3.63) is 33.1 Å². The van der Waals surface area contributed by atoms with Crippen LogP contribution in [0.4, 0.5) is 0 Å². The highest BCUT2D eigenvalue weighted by atomic mass is 79.9. The van der Waals surface area contributed by atoms with Crippen molar-refractivity contribution in [2.45, 2.75) is 6.92 Å². The fourth-order valence-electron chi connectivity index (χ4n) is 1.80. The van der Waals surface area contributed by atoms with Gasteiger partial charge in [0.2, 0.25) is 0 Å². The van der Waals surface area contributed by atoms with Crippen LogP contribution >= 0.6 is 39.9 Å². The molecule has 0 N–H and O–H groups in total. The number of nitrogens with zero attached hydrogens (tertiary/aromatic N) is 1. The molecule has 0 radical (unpaired) electrons. The molecular weight excluding hydrogens is 370 g/mol. The predicted molar refractivity (Wildman–Crippen MR) is 94.0 cm³/mol. The second kappa shape index (κ2) is 7.12. The Labute approximate surface area is 141 Å². The van der Waals surface area contributed by atoms with Crippen molar-refractivity contribution in [1.29, 1.82) is 0 Å². The molecule has 3 nitrogen and oxygen atoms in total. The molecule has 0 atom stereocenters. The van der Waals surface area contributed by atoms with Gasteiger partial charge in [0, 0.05) is 16.6 Å². The summed E-state index contributed by atoms with van der Waals surface area (Å²) in [6.07, 6.45) is 7.00. The van der Waals surface area contributed by atoms with E-state index in [1.54, 1.807) is 11.0 Å². The lowest BCUT2D eigenvalue weighted by atomic mass is 10.2. The summed E-state index contributed by atoms with van der Waals surface area (Å²) in [6.45, 7) is 2.65. The van der Waals surface area contributed by atoms with Crippen LogP contribution in [-0.2, 0) is 4.79 Å². The van der Waals surface area contributed by atoms with Gasteiger partial charge in [-0.15, -0.1) is 6.42 Å². The molecule has 1 aliphatic rings. The fraction of sp³-hybridized carbons (Fsp3) is 0.200. The molecule has 1 fully saturated rings. The number of halogens is 1. The summed E-state index contributed by atoms with van der Waals surface area (Å²) in [5.74, 6) is 2.99. The summed E-state index contributed by atoms with van der Waals surface area (Å²) in [6, 6.07) is 5.55. The van der Waals surface area contributed by atoms with Gasteiger partial charge in [0.25, 0.3) is 5.91 Å². The third-order valence-corrected chi connectivity index (χ3v) is 4.63. The molecule has 108 valence electrons. The summed E-state index contributed by atoms with van der Waals surface area (Å²) in [5, 5.41) is 0. The van der Waals surface area contributed by atoms with Crippen LogP contribution in [0.2, 0.25) is 0 Å². The van der Waals surface area contributed by atoms with Gasteiger partial charge in [-0.25, -0.2) is 0 Å². The van der Waals surface area contributed by atoms with Gasteiger partial charge in [-0.3, -0.25) is 9.69 Å². The van der Waals surface area contributed by atoms with E-state index in [1.807, 2.05) is 25.1 Å². The molecule has 0 spiro atoms. The average molecular weight is 382 g/mol. The lowest BCUT2D eigenvalue weighted by Gasteiger charge is -2.10. The number of carbonyl (C=O) groups excluding carboxylic acids is 1. The molecule has 1 aliphatic heterocycles. The van der Waals surface area contributed by atoms with Crippen LogP contribution < -0.4 is 4.74 Å². The number of amides is 1. The van der Waals surface area contributed by atoms with Gasteiger partial charge in [-0.2, -0.15) is 0 Å². The second-order valence-electron chi connectivity index (χ2n) is 4.10. The molecule has 1 heterocycles. The number of carbonyl (C=O) groups is 1. The highest BCUT2D eigenvalue weighted by molar-refractivity contribution is 9.10. The van der Waals surface area contributed by atoms with Crippen molar-refractivity contribution < 1.29 is 9.53 Å². The van der Waals surface area contributed by atoms with E-state index >= 15 is 0 Å². The Morgan fingerprint density at radius 2 is 2.33 bits per heavy atom. The Bertz CT molecular complexity index is 664. The lowest BCUT2D eigenvalue weighted by Crippen LogP contribution is -2.27. The fourth-order valence-corrected chi connectivity index (χ4v) is 3.55. The number of rotatable bonds is 4. The van der Waals surface area contributed by atoms with Crippen LogP contribution in [0.25, 0.3) is 6.08 Å². The van der Waals surface area contributed by atoms with E-state index in [-0.39, 0.29) is 12.5 Å². The lowest BCUT2D eigenvalue weighted by molar-refractivity contribution is -0.121. The highest BCUT2D eigenvalue weighted by Crippen LogP contribution is 2.34. The van der Waals surface area contributed by atoms with Crippen molar-refractivity contribution in [2.24, 2.45) is 0 Å². The van der Waals surface area contributed by atoms with Gasteiger partial charge in [0.1, 0.15) is 16.7 Å². The van der Waals surface area contributed by atoms with Gasteiger partial charge < -0.3 is 4.74 Å². The third-order valence-electron chi connectivity index (χ3n) is 2.76. The minimum absolute atomic E-state index is 0.0737. The van der Waals surface area contributed by atoms with Crippen molar-refractivity contribution in [3.63, 3.8) is 0 Å². The Hall–Kier alpha value is -1.29. The quantitative estimate of drug-likeness (QED) is 0.452. The Morgan fingerprint density at radius 1 is 1.57 bits per heavy atom. The molecule has 1 aromatic rings. The summed E-state index contributed by atoms with van der Waals surface area (Å²) in [5.41, 5.74) is 0.788. The van der Waals surface area contributed by atoms with Crippen LogP contribution in [0.5, 0.6) is 5.75 Å². The SMILES string of the molecule is C#CCOc1ccc(Br)cc1/C=C1/SC(=S)N(CC)C1=O. The Kier molecular flexibility index (Phi) is 5.45. The first-order valence-electron chi connectivity index (χ1n) is 6.18. The number of thiocarbonyl (C=S) groups is 1. The minimum atomic E-state index is -0.0737. The van der Waals surface area contributed by atoms with Crippen molar-refractivity contribution in [2.75, 3.05) is 13.2 Å². The van der Waals surface area contributed by atoms with Gasteiger partial charge in [-0.05, 0) is 31.2 Å². The molecule has 21 heavy (non-hydrogen) atoms. The molecule has 2 rings (SSSR count). The number of hydrogen-bond acceptors (Lipinski definition) is 4. The van der Waals surface area contributed by atoms with Gasteiger partial charge in [0.15, 0.2) is 0 Å². The summed E-state index contributed by atoms with van der Waals surface area (Å²) >= 11 is 9.91. The number of ether oxygens (including phenoxy) is 1. The predicted octanol–water partition coefficient (Wildman–Crippen LogP) is 3.68. The maximum atomic E-state index is 12.2. The van der Waals surface area contributed by atoms with Crippen molar-refractivity contribution >= 4 is 56.2 Å². The van der Waals surface area contributed by atoms with E-state index in [4.69, 9.17) is 23.4 Å². The van der Waals surface area contributed by atoms with E-state index in [1.165, 1.54) is 11.8 Å². The molecule has 0 unspecified atom stereocenters. The molecule has 6 heteroatoms. The maximum absolute atomic E-state index is 12.2. The largest absolute Gasteiger partial charge is 0.480 e. The Balaban J connectivity index is 2.36. The molecular formula is C15H12BrNO2S2. The number of benzene rings is 1. The van der Waals surface area contributed by atoms with E-state index < -0.39 is 0 Å². The number of terminal acetylenes is 1. The molecule has 1 amide bonds. The number of likely N-dealkylation sites (N-methyl/N-ethyl adjacent to an activating group) is 1. The van der Waals surface area contributed by atoms with Crippen LogP contribution in [0, 0.1) is 12.3 Å². The van der Waals surface area contributed by atoms with Gasteiger partial charge in [-0.1, -0.05) is 45.8 Å². The summed E-state index contributed by atoms with van der Waals surface area (Å²) in [4.78, 5) is 14.4. The molecule has 1 saturated heterocycles. The standard InChI is InChI=1S/C15H12BrNO2S2/c1-3-7-19-12-6-5-11(16)8-10(12)9-13-14(18)17(4-2)15(20)21-13/h1,5-6,8-9H,4,7H2,2H3/b13-9+. The van der Waals surface area contributed by atoms with Crippen LogP contribution in [0.15, 0.2) is 27.6 Å². The molecule has 0 saturated carbocycles. The minimum Gasteiger partial charge on any atom is -0.480 e. The van der Waals surface area contributed by atoms with Crippen LogP contribution in [-0.4, -0.2) is 28.3 Å². The third kappa shape index (κ3) is 3.67. The highest BCUT2D eigenvalue weighted by Gasteiger charge is 2.30. The van der Waals surface area contributed by atoms with Gasteiger partial charge in [0.05, 0.1) is 4.91 Å². The zero-order chi connectivity index (χ0) is 15.4. The number of thioether (sulfide) groups is 1. The summed E-state index contributed by atoms with van der Waals surface area (Å²) in [7, 11) is 0. The molecule has 0 aliphatic carbocycles. The van der Waals surface area contributed by atoms with Crippen LogP contribution in [0.3, 0.4) is 0 Å². The molecule has 0 aromatic heterocycles. The first-order chi connectivity index (χ1) is 10.1.